The van der Waals surface area contributed by atoms with Crippen LogP contribution in [0.5, 0.6) is 0 Å². The van der Waals surface area contributed by atoms with Crippen LogP contribution in [0.25, 0.3) is 0 Å². The van der Waals surface area contributed by atoms with E-state index in [1.807, 2.05) is 4.90 Å². The summed E-state index contributed by atoms with van der Waals surface area (Å²) in [5.74, 6) is 0.0162. The van der Waals surface area contributed by atoms with Crippen molar-refractivity contribution < 1.29 is 19.8 Å². The monoisotopic (exact) mass is 359 g/mol. The molecule has 2 N–H and O–H groups in total. The fourth-order valence-corrected chi connectivity index (χ4v) is 4.26. The minimum atomic E-state index is -0.726. The summed E-state index contributed by atoms with van der Waals surface area (Å²) in [6.45, 7) is 2.81. The Kier molecular flexibility index (Phi) is 11.2. The molecule has 0 aromatic rings. The van der Waals surface area contributed by atoms with Crippen LogP contribution in [0.3, 0.4) is 0 Å². The van der Waals surface area contributed by atoms with Crippen LogP contribution in [0.1, 0.15) is 77.6 Å². The van der Waals surface area contributed by atoms with Crippen molar-refractivity contribution in [1.82, 2.24) is 4.90 Å². The summed E-state index contributed by atoms with van der Waals surface area (Å²) in [7, 11) is 0. The number of aliphatic carboxylic acids is 1. The van der Waals surface area contributed by atoms with Crippen LogP contribution in [-0.4, -0.2) is 50.8 Å². The Morgan fingerprint density at radius 3 is 2.67 bits per heavy atom. The molecule has 1 aliphatic rings. The fourth-order valence-electron chi connectivity index (χ4n) is 3.02. The van der Waals surface area contributed by atoms with Gasteiger partial charge in [0.15, 0.2) is 0 Å². The Hall–Kier alpha value is -0.750. The number of carbonyl (C=O) groups excluding carboxylic acids is 1. The molecule has 0 bridgehead atoms. The van der Waals surface area contributed by atoms with Gasteiger partial charge in [0, 0.05) is 13.0 Å². The van der Waals surface area contributed by atoms with Gasteiger partial charge in [-0.1, -0.05) is 45.4 Å². The molecule has 1 amide bonds. The number of hydrogen-bond acceptors (Lipinski definition) is 4. The van der Waals surface area contributed by atoms with E-state index in [0.717, 1.165) is 57.8 Å². The SMILES string of the molecule is CCCCC[C@@H](O)CCN1C(=O)CS[C@H]1CCCCCCC(=O)O. The highest BCUT2D eigenvalue weighted by atomic mass is 32.2. The number of carboxylic acid groups (broad SMARTS) is 1. The van der Waals surface area contributed by atoms with E-state index >= 15 is 0 Å². The molecule has 0 aliphatic carbocycles. The Balaban J connectivity index is 2.19. The van der Waals surface area contributed by atoms with Crippen molar-refractivity contribution in [3.05, 3.63) is 0 Å². The van der Waals surface area contributed by atoms with Gasteiger partial charge in [0.25, 0.3) is 0 Å². The van der Waals surface area contributed by atoms with E-state index in [2.05, 4.69) is 6.92 Å². The number of thioether (sulfide) groups is 1. The molecule has 140 valence electrons. The zero-order valence-electron chi connectivity index (χ0n) is 14.9. The Labute approximate surface area is 150 Å². The lowest BCUT2D eigenvalue weighted by Gasteiger charge is -2.25. The van der Waals surface area contributed by atoms with E-state index in [1.165, 1.54) is 0 Å². The van der Waals surface area contributed by atoms with Gasteiger partial charge in [0.2, 0.25) is 5.91 Å². The van der Waals surface area contributed by atoms with E-state index in [1.54, 1.807) is 11.8 Å². The topological polar surface area (TPSA) is 77.8 Å². The van der Waals surface area contributed by atoms with Crippen LogP contribution in [0.15, 0.2) is 0 Å². The third-order valence-corrected chi connectivity index (χ3v) is 5.79. The number of amides is 1. The summed E-state index contributed by atoms with van der Waals surface area (Å²) in [4.78, 5) is 24.4. The Morgan fingerprint density at radius 1 is 1.21 bits per heavy atom. The lowest BCUT2D eigenvalue weighted by molar-refractivity contribution is -0.137. The molecule has 1 saturated heterocycles. The molecule has 1 heterocycles. The van der Waals surface area contributed by atoms with Crippen molar-refractivity contribution in [3.8, 4) is 0 Å². The molecule has 0 spiro atoms. The van der Waals surface area contributed by atoms with E-state index in [0.29, 0.717) is 18.7 Å². The predicted molar refractivity (Wildman–Crippen MR) is 98.1 cm³/mol. The highest BCUT2D eigenvalue weighted by Crippen LogP contribution is 2.29. The summed E-state index contributed by atoms with van der Waals surface area (Å²) >= 11 is 1.70. The molecule has 0 aromatic heterocycles. The third-order valence-electron chi connectivity index (χ3n) is 4.50. The lowest BCUT2D eigenvalue weighted by atomic mass is 10.1. The van der Waals surface area contributed by atoms with Crippen LogP contribution in [0, 0.1) is 0 Å². The van der Waals surface area contributed by atoms with Gasteiger partial charge in [-0.2, -0.15) is 0 Å². The van der Waals surface area contributed by atoms with E-state index in [9.17, 15) is 14.7 Å². The van der Waals surface area contributed by atoms with Gasteiger partial charge in [-0.15, -0.1) is 11.8 Å². The third kappa shape index (κ3) is 8.92. The molecule has 5 nitrogen and oxygen atoms in total. The molecule has 0 radical (unpaired) electrons. The molecule has 0 saturated carbocycles. The average molecular weight is 360 g/mol. The summed E-state index contributed by atoms with van der Waals surface area (Å²) in [5.41, 5.74) is 0. The van der Waals surface area contributed by atoms with Crippen molar-refractivity contribution in [2.45, 2.75) is 89.0 Å². The smallest absolute Gasteiger partial charge is 0.303 e. The molecule has 6 heteroatoms. The quantitative estimate of drug-likeness (QED) is 0.463. The molecular formula is C18H33NO4S. The number of aliphatic hydroxyl groups excluding tert-OH is 1. The molecule has 0 unspecified atom stereocenters. The van der Waals surface area contributed by atoms with Gasteiger partial charge < -0.3 is 15.1 Å². The molecule has 2 atom stereocenters. The summed E-state index contributed by atoms with van der Waals surface area (Å²) in [6.07, 6.45) is 9.50. The first-order valence-corrected chi connectivity index (χ1v) is 10.4. The first-order chi connectivity index (χ1) is 11.5. The van der Waals surface area contributed by atoms with Gasteiger partial charge in [0.1, 0.15) is 0 Å². The number of carboxylic acids is 1. The minimum Gasteiger partial charge on any atom is -0.481 e. The number of carbonyl (C=O) groups is 2. The van der Waals surface area contributed by atoms with E-state index < -0.39 is 5.97 Å². The molecule has 1 rings (SSSR count). The van der Waals surface area contributed by atoms with Gasteiger partial charge >= 0.3 is 5.97 Å². The predicted octanol–water partition coefficient (Wildman–Crippen LogP) is 3.64. The average Bonchev–Trinajstić information content (AvgIpc) is 2.89. The molecule has 24 heavy (non-hydrogen) atoms. The Bertz CT molecular complexity index is 378. The van der Waals surface area contributed by atoms with Crippen LogP contribution in [0.2, 0.25) is 0 Å². The zero-order valence-corrected chi connectivity index (χ0v) is 15.7. The number of hydrogen-bond donors (Lipinski definition) is 2. The maximum atomic E-state index is 12.0. The van der Waals surface area contributed by atoms with Crippen molar-refractivity contribution in [2.75, 3.05) is 12.3 Å². The van der Waals surface area contributed by atoms with Gasteiger partial charge in [-0.25, -0.2) is 0 Å². The van der Waals surface area contributed by atoms with Crippen LogP contribution < -0.4 is 0 Å². The van der Waals surface area contributed by atoms with Gasteiger partial charge in [0.05, 0.1) is 17.2 Å². The maximum absolute atomic E-state index is 12.0. The van der Waals surface area contributed by atoms with Crippen molar-refractivity contribution in [1.29, 1.82) is 0 Å². The maximum Gasteiger partial charge on any atom is 0.303 e. The van der Waals surface area contributed by atoms with Crippen molar-refractivity contribution in [2.24, 2.45) is 0 Å². The molecule has 0 aromatic carbocycles. The zero-order chi connectivity index (χ0) is 17.8. The van der Waals surface area contributed by atoms with E-state index in [4.69, 9.17) is 5.11 Å². The highest BCUT2D eigenvalue weighted by Gasteiger charge is 2.30. The summed E-state index contributed by atoms with van der Waals surface area (Å²) in [6, 6.07) is 0. The van der Waals surface area contributed by atoms with E-state index in [-0.39, 0.29) is 23.8 Å². The van der Waals surface area contributed by atoms with Crippen molar-refractivity contribution in [3.63, 3.8) is 0 Å². The highest BCUT2D eigenvalue weighted by molar-refractivity contribution is 8.00. The fraction of sp³-hybridized carbons (Fsp3) is 0.889. The molecule has 1 aliphatic heterocycles. The van der Waals surface area contributed by atoms with Crippen LogP contribution >= 0.6 is 11.8 Å². The largest absolute Gasteiger partial charge is 0.481 e. The first kappa shape index (κ1) is 21.3. The van der Waals surface area contributed by atoms with Crippen molar-refractivity contribution >= 4 is 23.6 Å². The number of nitrogens with zero attached hydrogens (tertiary/aromatic N) is 1. The first-order valence-electron chi connectivity index (χ1n) is 9.35. The normalized spacial score (nSPS) is 19.0. The van der Waals surface area contributed by atoms with Gasteiger partial charge in [-0.05, 0) is 25.7 Å². The minimum absolute atomic E-state index is 0.191. The summed E-state index contributed by atoms with van der Waals surface area (Å²) < 4.78 is 0. The second kappa shape index (κ2) is 12.6. The lowest BCUT2D eigenvalue weighted by Crippen LogP contribution is -2.35. The molecular weight excluding hydrogens is 326 g/mol. The number of rotatable bonds is 14. The number of unbranched alkanes of at least 4 members (excludes halogenated alkanes) is 5. The van der Waals surface area contributed by atoms with Crippen LogP contribution in [-0.2, 0) is 9.59 Å². The second-order valence-corrected chi connectivity index (χ2v) is 7.80. The second-order valence-electron chi connectivity index (χ2n) is 6.64. The molecule has 1 fully saturated rings. The standard InChI is InChI=1S/C18H33NO4S/c1-2-3-6-9-15(20)12-13-19-16(21)14-24-17(19)10-7-4-5-8-11-18(22)23/h15,17,20H,2-14H2,1H3,(H,22,23)/t15-,17+/m1/s1. The summed E-state index contributed by atoms with van der Waals surface area (Å²) in [5, 5.41) is 18.9. The van der Waals surface area contributed by atoms with Gasteiger partial charge in [-0.3, -0.25) is 9.59 Å². The Morgan fingerprint density at radius 2 is 1.96 bits per heavy atom. The number of aliphatic hydroxyl groups is 1. The van der Waals surface area contributed by atoms with Crippen LogP contribution in [0.4, 0.5) is 0 Å².